The fraction of sp³-hybridized carbons (Fsp3) is 0.0417. The number of carboxylic acids is 1. The molecule has 0 aliphatic heterocycles. The zero-order valence-electron chi connectivity index (χ0n) is 16.4. The van der Waals surface area contributed by atoms with Crippen LogP contribution >= 0.6 is 0 Å². The molecule has 0 aliphatic rings. The molecule has 0 saturated carbocycles. The SMILES string of the molecule is COc1ccc(C(=O)c2ccccc2OC(=O)C(=Cc2ccccc2)C(=O)O)c(O)c1. The van der Waals surface area contributed by atoms with E-state index in [2.05, 4.69) is 0 Å². The smallest absolute Gasteiger partial charge is 0.351 e. The second-order valence-electron chi connectivity index (χ2n) is 6.37. The van der Waals surface area contributed by atoms with Gasteiger partial charge in [0.2, 0.25) is 0 Å². The fourth-order valence-electron chi connectivity index (χ4n) is 2.80. The van der Waals surface area contributed by atoms with Crippen molar-refractivity contribution in [3.05, 3.63) is 95.1 Å². The summed E-state index contributed by atoms with van der Waals surface area (Å²) in [6.45, 7) is 0. The number of rotatable bonds is 7. The van der Waals surface area contributed by atoms with Gasteiger partial charge in [0.15, 0.2) is 5.78 Å². The third kappa shape index (κ3) is 4.97. The summed E-state index contributed by atoms with van der Waals surface area (Å²) in [7, 11) is 1.42. The van der Waals surface area contributed by atoms with Gasteiger partial charge in [-0.05, 0) is 35.9 Å². The quantitative estimate of drug-likeness (QED) is 0.150. The highest BCUT2D eigenvalue weighted by Crippen LogP contribution is 2.29. The van der Waals surface area contributed by atoms with Crippen LogP contribution in [-0.2, 0) is 9.59 Å². The Labute approximate surface area is 177 Å². The van der Waals surface area contributed by atoms with Crippen LogP contribution in [0, 0.1) is 0 Å². The normalized spacial score (nSPS) is 10.9. The molecular formula is C24H18O7. The van der Waals surface area contributed by atoms with E-state index in [1.807, 2.05) is 0 Å². The Morgan fingerprint density at radius 3 is 2.19 bits per heavy atom. The Balaban J connectivity index is 1.93. The summed E-state index contributed by atoms with van der Waals surface area (Å²) in [5.41, 5.74) is -0.131. The lowest BCUT2D eigenvalue weighted by molar-refractivity contribution is -0.138. The first kappa shape index (κ1) is 21.3. The van der Waals surface area contributed by atoms with Gasteiger partial charge in [0.05, 0.1) is 18.2 Å². The van der Waals surface area contributed by atoms with E-state index in [1.165, 1.54) is 49.6 Å². The van der Waals surface area contributed by atoms with Gasteiger partial charge in [-0.1, -0.05) is 42.5 Å². The number of methoxy groups -OCH3 is 1. The summed E-state index contributed by atoms with van der Waals surface area (Å²) in [4.78, 5) is 37.1. The van der Waals surface area contributed by atoms with Crippen molar-refractivity contribution in [1.82, 2.24) is 0 Å². The van der Waals surface area contributed by atoms with E-state index in [0.29, 0.717) is 11.3 Å². The summed E-state index contributed by atoms with van der Waals surface area (Å²) in [5, 5.41) is 19.6. The van der Waals surface area contributed by atoms with Crippen LogP contribution in [0.4, 0.5) is 0 Å². The van der Waals surface area contributed by atoms with Gasteiger partial charge in [-0.25, -0.2) is 9.59 Å². The number of carbonyl (C=O) groups is 3. The van der Waals surface area contributed by atoms with Crippen molar-refractivity contribution < 1.29 is 34.1 Å². The second-order valence-corrected chi connectivity index (χ2v) is 6.37. The lowest BCUT2D eigenvalue weighted by Gasteiger charge is -2.11. The molecule has 0 radical (unpaired) electrons. The van der Waals surface area contributed by atoms with Gasteiger partial charge in [0.25, 0.3) is 0 Å². The highest BCUT2D eigenvalue weighted by Gasteiger charge is 2.24. The number of carbonyl (C=O) groups excluding carboxylic acids is 2. The van der Waals surface area contributed by atoms with Crippen LogP contribution in [0.5, 0.6) is 17.2 Å². The Kier molecular flexibility index (Phi) is 6.47. The molecule has 0 spiro atoms. The molecule has 0 heterocycles. The first-order valence-electron chi connectivity index (χ1n) is 9.13. The maximum Gasteiger partial charge on any atom is 0.351 e. The van der Waals surface area contributed by atoms with Gasteiger partial charge in [-0.3, -0.25) is 4.79 Å². The molecule has 0 amide bonds. The highest BCUT2D eigenvalue weighted by atomic mass is 16.5. The van der Waals surface area contributed by atoms with Crippen LogP contribution in [0.15, 0.2) is 78.4 Å². The Morgan fingerprint density at radius 1 is 0.871 bits per heavy atom. The van der Waals surface area contributed by atoms with Crippen molar-refractivity contribution >= 4 is 23.8 Å². The van der Waals surface area contributed by atoms with E-state index < -0.39 is 23.3 Å². The van der Waals surface area contributed by atoms with Crippen LogP contribution in [-0.4, -0.2) is 35.0 Å². The summed E-state index contributed by atoms with van der Waals surface area (Å²) >= 11 is 0. The number of benzene rings is 3. The van der Waals surface area contributed by atoms with Crippen molar-refractivity contribution in [2.24, 2.45) is 0 Å². The van der Waals surface area contributed by atoms with E-state index in [0.717, 1.165) is 0 Å². The van der Waals surface area contributed by atoms with Crippen LogP contribution < -0.4 is 9.47 Å². The lowest BCUT2D eigenvalue weighted by atomic mass is 10.0. The number of ketones is 1. The standard InChI is InChI=1S/C24H18O7/c1-30-16-11-12-17(20(25)14-16)22(26)18-9-5-6-10-21(18)31-24(29)19(23(27)28)13-15-7-3-2-4-8-15/h2-14,25H,1H3,(H,27,28). The van der Waals surface area contributed by atoms with Crippen LogP contribution in [0.2, 0.25) is 0 Å². The van der Waals surface area contributed by atoms with Crippen LogP contribution in [0.1, 0.15) is 21.5 Å². The zero-order valence-corrected chi connectivity index (χ0v) is 16.4. The molecule has 2 N–H and O–H groups in total. The molecule has 0 fully saturated rings. The summed E-state index contributed by atoms with van der Waals surface area (Å²) < 4.78 is 10.3. The molecule has 0 aromatic heterocycles. The summed E-state index contributed by atoms with van der Waals surface area (Å²) in [6.07, 6.45) is 1.18. The molecule has 0 aliphatic carbocycles. The number of esters is 1. The molecular weight excluding hydrogens is 400 g/mol. The number of ether oxygens (including phenoxy) is 2. The average molecular weight is 418 g/mol. The Hall–Kier alpha value is -4.39. The third-order valence-corrected chi connectivity index (χ3v) is 4.34. The molecule has 0 atom stereocenters. The molecule has 3 aromatic rings. The number of hydrogen-bond donors (Lipinski definition) is 2. The van der Waals surface area contributed by atoms with Crippen molar-refractivity contribution in [3.63, 3.8) is 0 Å². The maximum atomic E-state index is 12.9. The fourth-order valence-corrected chi connectivity index (χ4v) is 2.80. The van der Waals surface area contributed by atoms with E-state index in [4.69, 9.17) is 9.47 Å². The van der Waals surface area contributed by atoms with Gasteiger partial charge in [-0.2, -0.15) is 0 Å². The predicted octanol–water partition coefficient (Wildman–Crippen LogP) is 3.71. The molecule has 7 nitrogen and oxygen atoms in total. The number of aliphatic carboxylic acids is 1. The summed E-state index contributed by atoms with van der Waals surface area (Å²) in [5.74, 6) is -3.27. The van der Waals surface area contributed by atoms with Crippen molar-refractivity contribution in [2.45, 2.75) is 0 Å². The zero-order chi connectivity index (χ0) is 22.4. The first-order chi connectivity index (χ1) is 14.9. The highest BCUT2D eigenvalue weighted by molar-refractivity contribution is 6.18. The molecule has 3 aromatic carbocycles. The molecule has 156 valence electrons. The van der Waals surface area contributed by atoms with Crippen LogP contribution in [0.3, 0.4) is 0 Å². The average Bonchev–Trinajstić information content (AvgIpc) is 2.77. The minimum atomic E-state index is -1.47. The Bertz CT molecular complexity index is 1160. The van der Waals surface area contributed by atoms with Gasteiger partial charge in [0, 0.05) is 6.07 Å². The van der Waals surface area contributed by atoms with Gasteiger partial charge in [-0.15, -0.1) is 0 Å². The third-order valence-electron chi connectivity index (χ3n) is 4.34. The molecule has 31 heavy (non-hydrogen) atoms. The van der Waals surface area contributed by atoms with Gasteiger partial charge >= 0.3 is 11.9 Å². The first-order valence-corrected chi connectivity index (χ1v) is 9.13. The topological polar surface area (TPSA) is 110 Å². The predicted molar refractivity (Wildman–Crippen MR) is 112 cm³/mol. The van der Waals surface area contributed by atoms with E-state index in [1.54, 1.807) is 36.4 Å². The number of phenolic OH excluding ortho intramolecular Hbond substituents is 1. The van der Waals surface area contributed by atoms with E-state index in [9.17, 15) is 24.6 Å². The minimum Gasteiger partial charge on any atom is -0.507 e. The van der Waals surface area contributed by atoms with E-state index >= 15 is 0 Å². The van der Waals surface area contributed by atoms with Crippen LogP contribution in [0.25, 0.3) is 6.08 Å². The minimum absolute atomic E-state index is 0.0132. The molecule has 3 rings (SSSR count). The van der Waals surface area contributed by atoms with Crippen molar-refractivity contribution in [2.75, 3.05) is 7.11 Å². The largest absolute Gasteiger partial charge is 0.507 e. The molecule has 0 saturated heterocycles. The molecule has 7 heteroatoms. The Morgan fingerprint density at radius 2 is 1.55 bits per heavy atom. The monoisotopic (exact) mass is 418 g/mol. The molecule has 0 unspecified atom stereocenters. The maximum absolute atomic E-state index is 12.9. The van der Waals surface area contributed by atoms with Crippen molar-refractivity contribution in [3.8, 4) is 17.2 Å². The number of aromatic hydroxyl groups is 1. The van der Waals surface area contributed by atoms with E-state index in [-0.39, 0.29) is 22.6 Å². The second kappa shape index (κ2) is 9.41. The molecule has 0 bridgehead atoms. The van der Waals surface area contributed by atoms with Crippen molar-refractivity contribution in [1.29, 1.82) is 0 Å². The number of hydrogen-bond acceptors (Lipinski definition) is 6. The number of phenols is 1. The number of carboxylic acid groups (broad SMARTS) is 1. The number of para-hydroxylation sites is 1. The van der Waals surface area contributed by atoms with Gasteiger partial charge < -0.3 is 19.7 Å². The van der Waals surface area contributed by atoms with Gasteiger partial charge in [0.1, 0.15) is 22.8 Å². The summed E-state index contributed by atoms with van der Waals surface area (Å²) in [6, 6.07) is 18.5. The lowest BCUT2D eigenvalue weighted by Crippen LogP contribution is -2.19.